The summed E-state index contributed by atoms with van der Waals surface area (Å²) in [4.78, 5) is 12.3. The van der Waals surface area contributed by atoms with E-state index in [2.05, 4.69) is 0 Å². The lowest BCUT2D eigenvalue weighted by atomic mass is 9.47. The summed E-state index contributed by atoms with van der Waals surface area (Å²) in [6.45, 7) is 0. The van der Waals surface area contributed by atoms with E-state index in [1.807, 2.05) is 18.2 Å². The number of ether oxygens (including phenoxy) is 1. The second kappa shape index (κ2) is 4.32. The van der Waals surface area contributed by atoms with Gasteiger partial charge in [-0.3, -0.25) is 4.79 Å². The molecule has 3 heteroatoms. The van der Waals surface area contributed by atoms with Crippen molar-refractivity contribution in [3.63, 3.8) is 0 Å². The molecule has 0 saturated heterocycles. The van der Waals surface area contributed by atoms with Crippen molar-refractivity contribution in [1.82, 2.24) is 0 Å². The zero-order valence-corrected chi connectivity index (χ0v) is 11.5. The van der Waals surface area contributed by atoms with Crippen LogP contribution in [0.1, 0.15) is 44.1 Å². The predicted molar refractivity (Wildman–Crippen MR) is 74.1 cm³/mol. The average Bonchev–Trinajstić information content (AvgIpc) is 2.40. The van der Waals surface area contributed by atoms with E-state index < -0.39 is 5.60 Å². The maximum atomic E-state index is 12.3. The van der Waals surface area contributed by atoms with Gasteiger partial charge in [0.1, 0.15) is 11.4 Å². The number of hydrogen-bond acceptors (Lipinski definition) is 3. The van der Waals surface area contributed by atoms with E-state index in [1.54, 1.807) is 6.07 Å². The van der Waals surface area contributed by atoms with Crippen molar-refractivity contribution in [2.24, 2.45) is 17.8 Å². The van der Waals surface area contributed by atoms with Gasteiger partial charge in [0, 0.05) is 5.56 Å². The SMILES string of the molecule is O=C1Oc2ccccc2[C@@]2(O)[C@@H]3CCCCCC[C@@H]3[C@H]12. The van der Waals surface area contributed by atoms with Crippen LogP contribution in [0, 0.1) is 17.8 Å². The molecule has 4 atom stereocenters. The van der Waals surface area contributed by atoms with Crippen LogP contribution in [-0.2, 0) is 10.4 Å². The molecule has 1 N–H and O–H groups in total. The van der Waals surface area contributed by atoms with Crippen molar-refractivity contribution in [1.29, 1.82) is 0 Å². The second-order valence-corrected chi connectivity index (χ2v) is 6.48. The zero-order valence-electron chi connectivity index (χ0n) is 11.5. The molecule has 0 aromatic heterocycles. The molecule has 3 nitrogen and oxygen atoms in total. The molecule has 1 aliphatic heterocycles. The first-order chi connectivity index (χ1) is 9.73. The molecule has 2 fully saturated rings. The Bertz CT molecular complexity index is 553. The lowest BCUT2D eigenvalue weighted by Crippen LogP contribution is -2.65. The predicted octanol–water partition coefficient (Wildman–Crippen LogP) is 3.01. The number of fused-ring (bicyclic) bond motifs is 6. The van der Waals surface area contributed by atoms with Crippen LogP contribution in [0.5, 0.6) is 5.75 Å². The van der Waals surface area contributed by atoms with Gasteiger partial charge in [0.25, 0.3) is 0 Å². The first-order valence-electron chi connectivity index (χ1n) is 7.76. The summed E-state index contributed by atoms with van der Waals surface area (Å²) >= 11 is 0. The van der Waals surface area contributed by atoms with Gasteiger partial charge in [0.2, 0.25) is 0 Å². The Balaban J connectivity index is 1.78. The van der Waals surface area contributed by atoms with Crippen molar-refractivity contribution < 1.29 is 14.6 Å². The Morgan fingerprint density at radius 3 is 2.70 bits per heavy atom. The summed E-state index contributed by atoms with van der Waals surface area (Å²) in [6.07, 6.45) is 6.90. The van der Waals surface area contributed by atoms with Gasteiger partial charge in [-0.2, -0.15) is 0 Å². The highest BCUT2D eigenvalue weighted by molar-refractivity contribution is 5.82. The summed E-state index contributed by atoms with van der Waals surface area (Å²) in [5.41, 5.74) is -0.153. The maximum absolute atomic E-state index is 12.3. The molecule has 0 amide bonds. The molecule has 3 aliphatic rings. The molecule has 2 aliphatic carbocycles. The average molecular weight is 272 g/mol. The third kappa shape index (κ3) is 1.47. The quantitative estimate of drug-likeness (QED) is 0.583. The number of para-hydroxylation sites is 1. The fourth-order valence-corrected chi connectivity index (χ4v) is 4.68. The van der Waals surface area contributed by atoms with Crippen molar-refractivity contribution in [3.05, 3.63) is 29.8 Å². The van der Waals surface area contributed by atoms with Crippen LogP contribution in [-0.4, -0.2) is 11.1 Å². The zero-order chi connectivity index (χ0) is 13.7. The number of aliphatic hydroxyl groups is 1. The van der Waals surface area contributed by atoms with Crippen LogP contribution in [0.25, 0.3) is 0 Å². The summed E-state index contributed by atoms with van der Waals surface area (Å²) in [5.74, 6) is 0.508. The van der Waals surface area contributed by atoms with Gasteiger partial charge in [0.05, 0.1) is 5.92 Å². The van der Waals surface area contributed by atoms with E-state index in [-0.39, 0.29) is 17.8 Å². The van der Waals surface area contributed by atoms with E-state index in [0.717, 1.165) is 24.8 Å². The van der Waals surface area contributed by atoms with Crippen LogP contribution < -0.4 is 4.74 Å². The van der Waals surface area contributed by atoms with Crippen LogP contribution in [0.3, 0.4) is 0 Å². The van der Waals surface area contributed by atoms with Crippen LogP contribution in [0.4, 0.5) is 0 Å². The highest BCUT2D eigenvalue weighted by atomic mass is 16.5. The minimum absolute atomic E-state index is 0.224. The first kappa shape index (κ1) is 12.4. The Hall–Kier alpha value is -1.35. The molecule has 1 aromatic carbocycles. The van der Waals surface area contributed by atoms with Crippen molar-refractivity contribution in [2.45, 2.75) is 44.1 Å². The van der Waals surface area contributed by atoms with Crippen LogP contribution in [0.15, 0.2) is 24.3 Å². The van der Waals surface area contributed by atoms with Gasteiger partial charge in [-0.15, -0.1) is 0 Å². The van der Waals surface area contributed by atoms with Crippen LogP contribution in [0.2, 0.25) is 0 Å². The number of benzene rings is 1. The van der Waals surface area contributed by atoms with E-state index in [0.29, 0.717) is 11.7 Å². The monoisotopic (exact) mass is 272 g/mol. The van der Waals surface area contributed by atoms with Gasteiger partial charge >= 0.3 is 5.97 Å². The summed E-state index contributed by atoms with van der Waals surface area (Å²) in [7, 11) is 0. The molecule has 1 heterocycles. The fraction of sp³-hybridized carbons (Fsp3) is 0.588. The minimum atomic E-state index is -0.978. The number of carbonyl (C=O) groups excluding carboxylic acids is 1. The third-order valence-electron chi connectivity index (χ3n) is 5.57. The van der Waals surface area contributed by atoms with E-state index in [4.69, 9.17) is 4.74 Å². The molecule has 20 heavy (non-hydrogen) atoms. The highest BCUT2D eigenvalue weighted by Crippen LogP contribution is 2.63. The summed E-state index contributed by atoms with van der Waals surface area (Å²) in [6, 6.07) is 7.48. The number of esters is 1. The lowest BCUT2D eigenvalue weighted by molar-refractivity contribution is -0.229. The molecule has 0 unspecified atom stereocenters. The number of hydrogen-bond donors (Lipinski definition) is 1. The normalized spacial score (nSPS) is 39.2. The van der Waals surface area contributed by atoms with E-state index >= 15 is 0 Å². The fourth-order valence-electron chi connectivity index (χ4n) is 4.68. The van der Waals surface area contributed by atoms with Gasteiger partial charge in [-0.1, -0.05) is 43.9 Å². The highest BCUT2D eigenvalue weighted by Gasteiger charge is 2.67. The smallest absolute Gasteiger partial charge is 0.317 e. The largest absolute Gasteiger partial charge is 0.426 e. The summed E-state index contributed by atoms with van der Waals surface area (Å²) in [5, 5.41) is 11.3. The molecule has 0 spiro atoms. The molecular formula is C17H20O3. The molecule has 0 radical (unpaired) electrons. The molecule has 2 saturated carbocycles. The molecular weight excluding hydrogens is 252 g/mol. The Kier molecular flexibility index (Phi) is 2.68. The van der Waals surface area contributed by atoms with Gasteiger partial charge in [-0.05, 0) is 30.7 Å². The topological polar surface area (TPSA) is 46.5 Å². The third-order valence-corrected chi connectivity index (χ3v) is 5.57. The van der Waals surface area contributed by atoms with Gasteiger partial charge in [-0.25, -0.2) is 0 Å². The molecule has 106 valence electrons. The van der Waals surface area contributed by atoms with Gasteiger partial charge < -0.3 is 9.84 Å². The molecule has 0 bridgehead atoms. The van der Waals surface area contributed by atoms with Crippen molar-refractivity contribution in [3.8, 4) is 5.75 Å². The Morgan fingerprint density at radius 2 is 1.85 bits per heavy atom. The first-order valence-corrected chi connectivity index (χ1v) is 7.76. The minimum Gasteiger partial charge on any atom is -0.426 e. The molecule has 1 aromatic rings. The van der Waals surface area contributed by atoms with E-state index in [9.17, 15) is 9.90 Å². The van der Waals surface area contributed by atoms with Crippen LogP contribution >= 0.6 is 0 Å². The Morgan fingerprint density at radius 1 is 1.10 bits per heavy atom. The number of rotatable bonds is 0. The second-order valence-electron chi connectivity index (χ2n) is 6.48. The summed E-state index contributed by atoms with van der Waals surface area (Å²) < 4.78 is 5.45. The Labute approximate surface area is 118 Å². The van der Waals surface area contributed by atoms with Crippen molar-refractivity contribution in [2.75, 3.05) is 0 Å². The molecule has 4 rings (SSSR count). The van der Waals surface area contributed by atoms with Gasteiger partial charge in [0.15, 0.2) is 0 Å². The lowest BCUT2D eigenvalue weighted by Gasteiger charge is -2.60. The standard InChI is InChI=1S/C17H20O3/c18-16-15-11-7-3-1-2-4-8-12(11)17(15,19)13-9-5-6-10-14(13)20-16/h5-6,9-12,15,19H,1-4,7-8H2/t11-,12+,15+,17-/m0/s1. The number of carbonyl (C=O) groups is 1. The maximum Gasteiger partial charge on any atom is 0.317 e. The van der Waals surface area contributed by atoms with E-state index in [1.165, 1.54) is 19.3 Å². The van der Waals surface area contributed by atoms with Crippen molar-refractivity contribution >= 4 is 5.97 Å².